The van der Waals surface area contributed by atoms with Crippen LogP contribution in [0.15, 0.2) is 39.9 Å². The first-order chi connectivity index (χ1) is 14.0. The molecule has 9 heteroatoms. The summed E-state index contributed by atoms with van der Waals surface area (Å²) in [6.45, 7) is 1.56. The summed E-state index contributed by atoms with van der Waals surface area (Å²) in [5.41, 5.74) is 0.917. The number of likely N-dealkylation sites (tertiary alicyclic amines) is 1. The van der Waals surface area contributed by atoms with Crippen LogP contribution in [-0.2, 0) is 9.59 Å². The van der Waals surface area contributed by atoms with E-state index in [1.165, 1.54) is 16.8 Å². The zero-order chi connectivity index (χ0) is 20.4. The van der Waals surface area contributed by atoms with Crippen molar-refractivity contribution in [3.05, 3.63) is 35.4 Å². The van der Waals surface area contributed by atoms with Crippen LogP contribution >= 0.6 is 11.8 Å². The fraction of sp³-hybridized carbons (Fsp3) is 0.350. The summed E-state index contributed by atoms with van der Waals surface area (Å²) in [7, 11) is 1.58. The number of methoxy groups -OCH3 is 1. The van der Waals surface area contributed by atoms with Gasteiger partial charge >= 0.3 is 0 Å². The number of hydrogen-bond donors (Lipinski definition) is 1. The van der Waals surface area contributed by atoms with E-state index in [4.69, 9.17) is 10.1 Å². The Morgan fingerprint density at radius 2 is 1.97 bits per heavy atom. The number of hydrogen-bond acceptors (Lipinski definition) is 6. The van der Waals surface area contributed by atoms with Crippen molar-refractivity contribution in [3.8, 4) is 5.75 Å². The molecule has 29 heavy (non-hydrogen) atoms. The second-order valence-electron chi connectivity index (χ2n) is 6.91. The molecule has 0 bridgehead atoms. The van der Waals surface area contributed by atoms with Crippen LogP contribution < -0.4 is 4.74 Å². The first-order valence-corrected chi connectivity index (χ1v) is 10.3. The van der Waals surface area contributed by atoms with Gasteiger partial charge in [-0.25, -0.2) is 0 Å². The van der Waals surface area contributed by atoms with Gasteiger partial charge in [0.25, 0.3) is 5.91 Å². The number of benzene rings is 1. The highest BCUT2D eigenvalue weighted by Crippen LogP contribution is 2.30. The van der Waals surface area contributed by atoms with Gasteiger partial charge in [-0.05, 0) is 54.8 Å². The van der Waals surface area contributed by atoms with E-state index in [0.717, 1.165) is 37.9 Å². The minimum absolute atomic E-state index is 0.0308. The van der Waals surface area contributed by atoms with E-state index in [1.54, 1.807) is 37.5 Å². The normalized spacial score (nSPS) is 20.5. The topological polar surface area (TPSA) is 98.4 Å². The maximum absolute atomic E-state index is 12.5. The Hall–Kier alpha value is -2.94. The molecular weight excluding hydrogens is 390 g/mol. The molecule has 2 amide bonds. The van der Waals surface area contributed by atoms with Crippen LogP contribution in [0.3, 0.4) is 0 Å². The summed E-state index contributed by atoms with van der Waals surface area (Å²) in [6.07, 6.45) is 5.00. The molecule has 1 aromatic carbocycles. The van der Waals surface area contributed by atoms with Crippen molar-refractivity contribution in [1.29, 1.82) is 5.41 Å². The number of thioether (sulfide) groups is 1. The third-order valence-corrected chi connectivity index (χ3v) is 5.84. The molecule has 3 aliphatic rings. The number of aliphatic imine (C=N–C) groups is 1. The van der Waals surface area contributed by atoms with E-state index < -0.39 is 5.91 Å². The minimum Gasteiger partial charge on any atom is -0.497 e. The van der Waals surface area contributed by atoms with E-state index in [9.17, 15) is 9.59 Å². The molecule has 1 saturated heterocycles. The molecular formula is C20H21N5O3S. The summed E-state index contributed by atoms with van der Waals surface area (Å²) in [4.78, 5) is 30.9. The largest absolute Gasteiger partial charge is 0.497 e. The highest BCUT2D eigenvalue weighted by atomic mass is 32.2. The molecule has 0 aliphatic carbocycles. The van der Waals surface area contributed by atoms with Gasteiger partial charge in [-0.1, -0.05) is 12.1 Å². The van der Waals surface area contributed by atoms with Crippen LogP contribution in [0.4, 0.5) is 0 Å². The van der Waals surface area contributed by atoms with Gasteiger partial charge in [-0.3, -0.25) is 15.0 Å². The SMILES string of the molecule is COc1ccc(C=C2C(=N)N3N=C(CC(=O)N4CCCCC4)SC3=NC2=O)cc1. The number of ether oxygens (including phenoxy) is 1. The summed E-state index contributed by atoms with van der Waals surface area (Å²) in [5, 5.41) is 15.0. The number of amidine groups is 2. The van der Waals surface area contributed by atoms with E-state index in [2.05, 4.69) is 10.1 Å². The Bertz CT molecular complexity index is 945. The molecule has 3 heterocycles. The van der Waals surface area contributed by atoms with Crippen molar-refractivity contribution >= 4 is 45.7 Å². The maximum Gasteiger partial charge on any atom is 0.283 e. The highest BCUT2D eigenvalue weighted by molar-refractivity contribution is 8.27. The van der Waals surface area contributed by atoms with Crippen molar-refractivity contribution in [2.24, 2.45) is 10.1 Å². The summed E-state index contributed by atoms with van der Waals surface area (Å²) < 4.78 is 5.13. The zero-order valence-corrected chi connectivity index (χ0v) is 16.9. The number of nitrogens with zero attached hydrogens (tertiary/aromatic N) is 4. The summed E-state index contributed by atoms with van der Waals surface area (Å²) >= 11 is 1.18. The Balaban J connectivity index is 1.50. The highest BCUT2D eigenvalue weighted by Gasteiger charge is 2.36. The van der Waals surface area contributed by atoms with Crippen LogP contribution in [0.2, 0.25) is 0 Å². The molecule has 150 valence electrons. The molecule has 0 unspecified atom stereocenters. The second kappa shape index (κ2) is 8.20. The fourth-order valence-corrected chi connectivity index (χ4v) is 4.23. The average Bonchev–Trinajstić information content (AvgIpc) is 3.14. The Kier molecular flexibility index (Phi) is 5.48. The van der Waals surface area contributed by atoms with Gasteiger partial charge in [0.15, 0.2) is 5.84 Å². The molecule has 1 N–H and O–H groups in total. The third-order valence-electron chi connectivity index (χ3n) is 4.93. The Morgan fingerprint density at radius 3 is 2.66 bits per heavy atom. The Morgan fingerprint density at radius 1 is 1.24 bits per heavy atom. The summed E-state index contributed by atoms with van der Waals surface area (Å²) in [5.74, 6) is 0.219. The standard InChI is InChI=1S/C20H21N5O3S/c1-28-14-7-5-13(6-8-14)11-15-18(21)25-20(22-19(15)27)29-16(23-25)12-17(26)24-9-3-2-4-10-24/h5-8,11,21H,2-4,9-10,12H2,1H3. The van der Waals surface area contributed by atoms with Crippen LogP contribution in [0, 0.1) is 5.41 Å². The summed E-state index contributed by atoms with van der Waals surface area (Å²) in [6, 6.07) is 7.17. The number of piperidine rings is 1. The number of hydrazone groups is 1. The first kappa shape index (κ1) is 19.4. The van der Waals surface area contributed by atoms with Crippen molar-refractivity contribution in [2.75, 3.05) is 20.2 Å². The van der Waals surface area contributed by atoms with Gasteiger partial charge in [-0.15, -0.1) is 0 Å². The lowest BCUT2D eigenvalue weighted by atomic mass is 10.1. The number of carbonyl (C=O) groups is 2. The molecule has 0 atom stereocenters. The zero-order valence-electron chi connectivity index (χ0n) is 16.1. The number of amides is 2. The minimum atomic E-state index is -0.483. The van der Waals surface area contributed by atoms with Crippen LogP contribution in [0.5, 0.6) is 5.75 Å². The molecule has 1 fully saturated rings. The van der Waals surface area contributed by atoms with Crippen LogP contribution in [0.25, 0.3) is 6.08 Å². The Labute approximate surface area is 172 Å². The van der Waals surface area contributed by atoms with Gasteiger partial charge in [0.05, 0.1) is 19.1 Å². The lowest BCUT2D eigenvalue weighted by Gasteiger charge is -2.26. The number of nitrogens with one attached hydrogen (secondary N) is 1. The van der Waals surface area contributed by atoms with E-state index in [1.807, 2.05) is 4.90 Å². The molecule has 1 aromatic rings. The lowest BCUT2D eigenvalue weighted by molar-refractivity contribution is -0.130. The molecule has 0 radical (unpaired) electrons. The predicted molar refractivity (Wildman–Crippen MR) is 113 cm³/mol. The lowest BCUT2D eigenvalue weighted by Crippen LogP contribution is -2.36. The fourth-order valence-electron chi connectivity index (χ4n) is 3.35. The van der Waals surface area contributed by atoms with Crippen molar-refractivity contribution < 1.29 is 14.3 Å². The van der Waals surface area contributed by atoms with Gasteiger partial charge in [0.1, 0.15) is 10.8 Å². The monoisotopic (exact) mass is 411 g/mol. The third kappa shape index (κ3) is 4.09. The first-order valence-electron chi connectivity index (χ1n) is 9.46. The van der Waals surface area contributed by atoms with Crippen molar-refractivity contribution in [3.63, 3.8) is 0 Å². The number of carbonyl (C=O) groups excluding carboxylic acids is 2. The molecule has 0 aromatic heterocycles. The smallest absolute Gasteiger partial charge is 0.283 e. The van der Waals surface area contributed by atoms with Gasteiger partial charge in [-0.2, -0.15) is 15.1 Å². The molecule has 4 rings (SSSR count). The second-order valence-corrected chi connectivity index (χ2v) is 7.95. The van der Waals surface area contributed by atoms with Crippen LogP contribution in [-0.4, -0.2) is 58.0 Å². The quantitative estimate of drug-likeness (QED) is 0.768. The van der Waals surface area contributed by atoms with Crippen LogP contribution in [0.1, 0.15) is 31.2 Å². The molecule has 3 aliphatic heterocycles. The van der Waals surface area contributed by atoms with Gasteiger partial charge in [0.2, 0.25) is 11.1 Å². The molecule has 0 spiro atoms. The van der Waals surface area contributed by atoms with E-state index in [0.29, 0.717) is 16.0 Å². The predicted octanol–water partition coefficient (Wildman–Crippen LogP) is 2.72. The van der Waals surface area contributed by atoms with Crippen molar-refractivity contribution in [1.82, 2.24) is 9.91 Å². The van der Waals surface area contributed by atoms with Crippen molar-refractivity contribution in [2.45, 2.75) is 25.7 Å². The van der Waals surface area contributed by atoms with Gasteiger partial charge < -0.3 is 9.64 Å². The average molecular weight is 411 g/mol. The molecule has 8 nitrogen and oxygen atoms in total. The number of fused-ring (bicyclic) bond motifs is 1. The molecule has 0 saturated carbocycles. The maximum atomic E-state index is 12.5. The van der Waals surface area contributed by atoms with E-state index in [-0.39, 0.29) is 23.7 Å². The number of rotatable bonds is 4. The van der Waals surface area contributed by atoms with E-state index >= 15 is 0 Å². The van der Waals surface area contributed by atoms with Gasteiger partial charge in [0, 0.05) is 13.1 Å².